The third-order valence-corrected chi connectivity index (χ3v) is 5.93. The molecule has 0 radical (unpaired) electrons. The number of rotatable bonds is 3. The predicted octanol–water partition coefficient (Wildman–Crippen LogP) is 0.740. The van der Waals surface area contributed by atoms with Gasteiger partial charge in [0.2, 0.25) is 0 Å². The molecule has 90 valence electrons. The summed E-state index contributed by atoms with van der Waals surface area (Å²) in [6, 6.07) is 1.50. The van der Waals surface area contributed by atoms with Crippen molar-refractivity contribution in [3.05, 3.63) is 11.4 Å². The number of nitrogens with zero attached hydrogens (tertiary/aromatic N) is 1. The Bertz CT molecular complexity index is 469. The summed E-state index contributed by atoms with van der Waals surface area (Å²) in [5.74, 6) is 0. The van der Waals surface area contributed by atoms with Gasteiger partial charge in [-0.1, -0.05) is 0 Å². The van der Waals surface area contributed by atoms with Crippen LogP contribution >= 0.6 is 11.3 Å². The molecular weight excluding hydrogens is 248 g/mol. The van der Waals surface area contributed by atoms with Crippen molar-refractivity contribution in [3.63, 3.8) is 0 Å². The summed E-state index contributed by atoms with van der Waals surface area (Å²) < 4.78 is 31.2. The van der Waals surface area contributed by atoms with E-state index in [1.165, 1.54) is 10.4 Å². The Morgan fingerprint density at radius 2 is 2.38 bits per heavy atom. The first kappa shape index (κ1) is 11.8. The lowest BCUT2D eigenvalue weighted by Crippen LogP contribution is -2.29. The minimum atomic E-state index is -3.37. The number of nitrogens with two attached hydrogens (primary N) is 1. The lowest BCUT2D eigenvalue weighted by molar-refractivity contribution is 0.115. The van der Waals surface area contributed by atoms with Crippen LogP contribution in [-0.4, -0.2) is 39.0 Å². The molecule has 2 rings (SSSR count). The van der Waals surface area contributed by atoms with Gasteiger partial charge in [0.15, 0.2) is 0 Å². The third-order valence-electron chi connectivity index (χ3n) is 2.63. The Labute approximate surface area is 98.9 Å². The molecule has 2 N–H and O–H groups in total. The smallest absolute Gasteiger partial charge is 0.252 e. The van der Waals surface area contributed by atoms with Crippen molar-refractivity contribution in [2.75, 3.05) is 25.9 Å². The average molecular weight is 262 g/mol. The molecule has 0 amide bonds. The summed E-state index contributed by atoms with van der Waals surface area (Å²) in [6.07, 6.45) is 0.753. The zero-order valence-electron chi connectivity index (χ0n) is 8.92. The molecule has 0 aromatic carbocycles. The van der Waals surface area contributed by atoms with Gasteiger partial charge in [-0.15, -0.1) is 11.3 Å². The molecule has 1 saturated heterocycles. The van der Waals surface area contributed by atoms with Crippen LogP contribution in [0.25, 0.3) is 0 Å². The van der Waals surface area contributed by atoms with E-state index in [2.05, 4.69) is 0 Å². The Morgan fingerprint density at radius 3 is 2.88 bits per heavy atom. The molecule has 0 aliphatic carbocycles. The van der Waals surface area contributed by atoms with Crippen molar-refractivity contribution in [3.8, 4) is 0 Å². The van der Waals surface area contributed by atoms with Gasteiger partial charge < -0.3 is 10.5 Å². The second-order valence-corrected chi connectivity index (χ2v) is 6.78. The highest BCUT2D eigenvalue weighted by atomic mass is 32.2. The summed E-state index contributed by atoms with van der Waals surface area (Å²) in [5, 5.41) is 1.64. The minimum absolute atomic E-state index is 0.00656. The number of hydrogen-bond donors (Lipinski definition) is 1. The molecule has 0 saturated carbocycles. The molecule has 1 fully saturated rings. The fourth-order valence-corrected chi connectivity index (χ4v) is 4.42. The number of sulfonamides is 1. The van der Waals surface area contributed by atoms with Crippen LogP contribution in [0.4, 0.5) is 5.69 Å². The van der Waals surface area contributed by atoms with Gasteiger partial charge in [-0.3, -0.25) is 0 Å². The van der Waals surface area contributed by atoms with E-state index in [0.29, 0.717) is 23.0 Å². The molecular formula is C9H14N2O3S2. The third kappa shape index (κ3) is 2.08. The maximum Gasteiger partial charge on any atom is 0.252 e. The van der Waals surface area contributed by atoms with E-state index in [-0.39, 0.29) is 6.10 Å². The summed E-state index contributed by atoms with van der Waals surface area (Å²) in [6.45, 7) is 0.940. The number of methoxy groups -OCH3 is 1. The van der Waals surface area contributed by atoms with Crippen LogP contribution in [0.3, 0.4) is 0 Å². The summed E-state index contributed by atoms with van der Waals surface area (Å²) >= 11 is 1.16. The van der Waals surface area contributed by atoms with Gasteiger partial charge in [0.25, 0.3) is 10.0 Å². The molecule has 16 heavy (non-hydrogen) atoms. The fraction of sp³-hybridized carbons (Fsp3) is 0.556. The van der Waals surface area contributed by atoms with Crippen LogP contribution in [0.2, 0.25) is 0 Å². The van der Waals surface area contributed by atoms with E-state index in [1.807, 2.05) is 0 Å². The van der Waals surface area contributed by atoms with Gasteiger partial charge in [-0.25, -0.2) is 8.42 Å². The van der Waals surface area contributed by atoms with Gasteiger partial charge in [-0.05, 0) is 12.5 Å². The highest BCUT2D eigenvalue weighted by molar-refractivity contribution is 7.91. The zero-order valence-corrected chi connectivity index (χ0v) is 10.6. The molecule has 1 atom stereocenters. The van der Waals surface area contributed by atoms with Crippen LogP contribution in [0, 0.1) is 0 Å². The van der Waals surface area contributed by atoms with E-state index in [9.17, 15) is 8.42 Å². The largest absolute Gasteiger partial charge is 0.398 e. The number of anilines is 1. The molecule has 1 aliphatic heterocycles. The number of ether oxygens (including phenoxy) is 1. The highest BCUT2D eigenvalue weighted by Gasteiger charge is 2.33. The second-order valence-electron chi connectivity index (χ2n) is 3.71. The molecule has 1 aromatic rings. The van der Waals surface area contributed by atoms with E-state index in [0.717, 1.165) is 17.8 Å². The van der Waals surface area contributed by atoms with Crippen molar-refractivity contribution in [1.82, 2.24) is 4.31 Å². The SMILES string of the molecule is COC1CCN(S(=O)(=O)c2cc(N)cs2)C1. The Morgan fingerprint density at radius 1 is 1.62 bits per heavy atom. The average Bonchev–Trinajstić information content (AvgIpc) is 2.85. The first-order valence-corrected chi connectivity index (χ1v) is 7.23. The van der Waals surface area contributed by atoms with E-state index in [4.69, 9.17) is 10.5 Å². The topological polar surface area (TPSA) is 72.6 Å². The highest BCUT2D eigenvalue weighted by Crippen LogP contribution is 2.27. The molecule has 2 heterocycles. The maximum absolute atomic E-state index is 12.1. The number of hydrogen-bond acceptors (Lipinski definition) is 5. The van der Waals surface area contributed by atoms with E-state index < -0.39 is 10.0 Å². The summed E-state index contributed by atoms with van der Waals surface area (Å²) in [7, 11) is -1.77. The van der Waals surface area contributed by atoms with Crippen LogP contribution in [-0.2, 0) is 14.8 Å². The van der Waals surface area contributed by atoms with Crippen molar-refractivity contribution in [2.24, 2.45) is 0 Å². The van der Waals surface area contributed by atoms with Crippen molar-refractivity contribution < 1.29 is 13.2 Å². The van der Waals surface area contributed by atoms with Crippen molar-refractivity contribution in [1.29, 1.82) is 0 Å². The van der Waals surface area contributed by atoms with Crippen LogP contribution in [0.1, 0.15) is 6.42 Å². The molecule has 1 aliphatic rings. The normalized spacial score (nSPS) is 22.7. The lowest BCUT2D eigenvalue weighted by Gasteiger charge is -2.14. The number of thiophene rings is 1. The first-order chi connectivity index (χ1) is 7.54. The molecule has 1 unspecified atom stereocenters. The van der Waals surface area contributed by atoms with Crippen molar-refractivity contribution in [2.45, 2.75) is 16.7 Å². The lowest BCUT2D eigenvalue weighted by atomic mass is 10.3. The Balaban J connectivity index is 2.21. The minimum Gasteiger partial charge on any atom is -0.398 e. The van der Waals surface area contributed by atoms with E-state index in [1.54, 1.807) is 12.5 Å². The Hall–Kier alpha value is -0.630. The molecule has 0 spiro atoms. The van der Waals surface area contributed by atoms with Gasteiger partial charge in [-0.2, -0.15) is 4.31 Å². The van der Waals surface area contributed by atoms with Crippen LogP contribution < -0.4 is 5.73 Å². The molecule has 7 heteroatoms. The maximum atomic E-state index is 12.1. The first-order valence-electron chi connectivity index (χ1n) is 4.91. The quantitative estimate of drug-likeness (QED) is 0.872. The standard InChI is InChI=1S/C9H14N2O3S2/c1-14-8-2-3-11(5-8)16(12,13)9-4-7(10)6-15-9/h4,6,8H,2-3,5,10H2,1H3. The molecule has 1 aromatic heterocycles. The van der Waals surface area contributed by atoms with Gasteiger partial charge in [0.1, 0.15) is 4.21 Å². The summed E-state index contributed by atoms with van der Waals surface area (Å²) in [5.41, 5.74) is 6.02. The fourth-order valence-electron chi connectivity index (χ4n) is 1.70. The summed E-state index contributed by atoms with van der Waals surface area (Å²) in [4.78, 5) is 0. The zero-order chi connectivity index (χ0) is 11.8. The monoisotopic (exact) mass is 262 g/mol. The number of nitrogen functional groups attached to an aromatic ring is 1. The van der Waals surface area contributed by atoms with Gasteiger partial charge in [0, 0.05) is 31.3 Å². The Kier molecular flexibility index (Phi) is 3.20. The van der Waals surface area contributed by atoms with Crippen LogP contribution in [0.15, 0.2) is 15.7 Å². The molecule has 0 bridgehead atoms. The van der Waals surface area contributed by atoms with Gasteiger partial charge in [0.05, 0.1) is 6.10 Å². The predicted molar refractivity (Wildman–Crippen MR) is 62.9 cm³/mol. The van der Waals surface area contributed by atoms with E-state index >= 15 is 0 Å². The molecule has 5 nitrogen and oxygen atoms in total. The second kappa shape index (κ2) is 4.33. The van der Waals surface area contributed by atoms with Crippen LogP contribution in [0.5, 0.6) is 0 Å². The van der Waals surface area contributed by atoms with Crippen molar-refractivity contribution >= 4 is 27.0 Å². The van der Waals surface area contributed by atoms with Gasteiger partial charge >= 0.3 is 0 Å².